The molecule has 23 heavy (non-hydrogen) atoms. The maximum atomic E-state index is 12.9. The zero-order valence-electron chi connectivity index (χ0n) is 12.4. The average Bonchev–Trinajstić information content (AvgIpc) is 2.54. The molecular weight excluding hydrogens is 337 g/mol. The minimum Gasteiger partial charge on any atom is -0.482 e. The molecule has 0 bridgehead atoms. The number of benzene rings is 2. The van der Waals surface area contributed by atoms with Gasteiger partial charge < -0.3 is 10.1 Å². The van der Waals surface area contributed by atoms with E-state index in [1.54, 1.807) is 11.8 Å². The van der Waals surface area contributed by atoms with Crippen LogP contribution in [0.4, 0.5) is 4.39 Å². The summed E-state index contributed by atoms with van der Waals surface area (Å²) in [7, 11) is 0. The Morgan fingerprint density at radius 1 is 1.22 bits per heavy atom. The molecule has 0 saturated heterocycles. The summed E-state index contributed by atoms with van der Waals surface area (Å²) in [6, 6.07) is 13.9. The highest BCUT2D eigenvalue weighted by molar-refractivity contribution is 7.98. The third-order valence-electron chi connectivity index (χ3n) is 2.93. The van der Waals surface area contributed by atoms with Gasteiger partial charge in [0.2, 0.25) is 0 Å². The van der Waals surface area contributed by atoms with Crippen LogP contribution in [-0.2, 0) is 10.5 Å². The molecule has 3 nitrogen and oxygen atoms in total. The van der Waals surface area contributed by atoms with E-state index in [1.165, 1.54) is 17.7 Å². The number of carbonyl (C=O) groups excluding carboxylic acids is 1. The second kappa shape index (κ2) is 9.43. The number of nitrogens with one attached hydrogen (secondary N) is 1. The van der Waals surface area contributed by atoms with Gasteiger partial charge in [-0.3, -0.25) is 4.79 Å². The number of ether oxygens (including phenoxy) is 1. The van der Waals surface area contributed by atoms with E-state index in [0.717, 1.165) is 17.6 Å². The lowest BCUT2D eigenvalue weighted by molar-refractivity contribution is -0.122. The van der Waals surface area contributed by atoms with Crippen LogP contribution in [0.5, 0.6) is 5.75 Å². The molecule has 0 radical (unpaired) electrons. The summed E-state index contributed by atoms with van der Waals surface area (Å²) in [5.41, 5.74) is 1.26. The Morgan fingerprint density at radius 2 is 2.00 bits per heavy atom. The fourth-order valence-corrected chi connectivity index (χ4v) is 2.85. The first-order valence-corrected chi connectivity index (χ1v) is 8.64. The van der Waals surface area contributed by atoms with Gasteiger partial charge in [0, 0.05) is 18.1 Å². The van der Waals surface area contributed by atoms with Crippen molar-refractivity contribution in [2.24, 2.45) is 0 Å². The molecule has 0 aliphatic rings. The standard InChI is InChI=1S/C17H17ClFNO2S/c18-15-10-14(19)6-7-16(15)22-11-17(21)20-8-9-23-12-13-4-2-1-3-5-13/h1-7,10H,8-9,11-12H2,(H,20,21). The van der Waals surface area contributed by atoms with Gasteiger partial charge >= 0.3 is 0 Å². The fourth-order valence-electron chi connectivity index (χ4n) is 1.81. The molecule has 2 rings (SSSR count). The second-order valence-electron chi connectivity index (χ2n) is 4.75. The first kappa shape index (κ1) is 17.6. The first-order valence-electron chi connectivity index (χ1n) is 7.11. The predicted octanol–water partition coefficient (Wildman–Crippen LogP) is 3.91. The molecule has 0 aliphatic carbocycles. The third kappa shape index (κ3) is 6.50. The van der Waals surface area contributed by atoms with E-state index >= 15 is 0 Å². The van der Waals surface area contributed by atoms with E-state index in [-0.39, 0.29) is 17.5 Å². The van der Waals surface area contributed by atoms with Crippen LogP contribution >= 0.6 is 23.4 Å². The van der Waals surface area contributed by atoms with E-state index in [2.05, 4.69) is 17.4 Å². The molecule has 122 valence electrons. The van der Waals surface area contributed by atoms with Crippen LogP contribution in [0.1, 0.15) is 5.56 Å². The van der Waals surface area contributed by atoms with Gasteiger partial charge in [-0.2, -0.15) is 11.8 Å². The largest absolute Gasteiger partial charge is 0.482 e. The van der Waals surface area contributed by atoms with Crippen LogP contribution in [0.15, 0.2) is 48.5 Å². The highest BCUT2D eigenvalue weighted by atomic mass is 35.5. The minimum absolute atomic E-state index is 0.144. The van der Waals surface area contributed by atoms with Crippen LogP contribution in [0.3, 0.4) is 0 Å². The van der Waals surface area contributed by atoms with Crippen molar-refractivity contribution in [1.29, 1.82) is 0 Å². The highest BCUT2D eigenvalue weighted by Gasteiger charge is 2.06. The Bertz CT molecular complexity index is 640. The lowest BCUT2D eigenvalue weighted by atomic mass is 10.2. The van der Waals surface area contributed by atoms with Gasteiger partial charge in [0.05, 0.1) is 5.02 Å². The van der Waals surface area contributed by atoms with Gasteiger partial charge in [-0.05, 0) is 23.8 Å². The van der Waals surface area contributed by atoms with E-state index in [9.17, 15) is 9.18 Å². The first-order chi connectivity index (χ1) is 11.1. The highest BCUT2D eigenvalue weighted by Crippen LogP contribution is 2.24. The summed E-state index contributed by atoms with van der Waals surface area (Å²) in [6.45, 7) is 0.422. The maximum Gasteiger partial charge on any atom is 0.257 e. The number of halogens is 2. The van der Waals surface area contributed by atoms with Crippen LogP contribution < -0.4 is 10.1 Å². The zero-order chi connectivity index (χ0) is 16.5. The van der Waals surface area contributed by atoms with Crippen molar-refractivity contribution in [3.8, 4) is 5.75 Å². The molecule has 6 heteroatoms. The maximum absolute atomic E-state index is 12.9. The number of rotatable bonds is 8. The van der Waals surface area contributed by atoms with Gasteiger partial charge in [0.15, 0.2) is 6.61 Å². The van der Waals surface area contributed by atoms with E-state index < -0.39 is 5.82 Å². The molecule has 0 spiro atoms. The van der Waals surface area contributed by atoms with Crippen molar-refractivity contribution in [2.75, 3.05) is 18.9 Å². The molecule has 0 aliphatic heterocycles. The monoisotopic (exact) mass is 353 g/mol. The predicted molar refractivity (Wildman–Crippen MR) is 92.5 cm³/mol. The van der Waals surface area contributed by atoms with Crippen molar-refractivity contribution in [3.05, 3.63) is 64.9 Å². The molecule has 0 atom stereocenters. The minimum atomic E-state index is -0.442. The summed E-state index contributed by atoms with van der Waals surface area (Å²) in [6.07, 6.45) is 0. The Morgan fingerprint density at radius 3 is 2.74 bits per heavy atom. The van der Waals surface area contributed by atoms with Gasteiger partial charge in [0.25, 0.3) is 5.91 Å². The van der Waals surface area contributed by atoms with E-state index in [4.69, 9.17) is 16.3 Å². The van der Waals surface area contributed by atoms with Crippen molar-refractivity contribution in [1.82, 2.24) is 5.32 Å². The summed E-state index contributed by atoms with van der Waals surface area (Å²) in [5.74, 6) is 1.35. The Kier molecular flexibility index (Phi) is 7.23. The zero-order valence-corrected chi connectivity index (χ0v) is 14.0. The fraction of sp³-hybridized carbons (Fsp3) is 0.235. The second-order valence-corrected chi connectivity index (χ2v) is 6.26. The van der Waals surface area contributed by atoms with Crippen molar-refractivity contribution in [2.45, 2.75) is 5.75 Å². The van der Waals surface area contributed by atoms with E-state index in [0.29, 0.717) is 12.3 Å². The molecule has 1 N–H and O–H groups in total. The molecule has 2 aromatic rings. The molecular formula is C17H17ClFNO2S. The smallest absolute Gasteiger partial charge is 0.257 e. The molecule has 0 heterocycles. The third-order valence-corrected chi connectivity index (χ3v) is 4.26. The van der Waals surface area contributed by atoms with Gasteiger partial charge in [0.1, 0.15) is 11.6 Å². The topological polar surface area (TPSA) is 38.3 Å². The molecule has 0 saturated carbocycles. The van der Waals surface area contributed by atoms with Gasteiger partial charge in [-0.1, -0.05) is 41.9 Å². The Balaban J connectivity index is 1.60. The lowest BCUT2D eigenvalue weighted by Crippen LogP contribution is -2.30. The summed E-state index contributed by atoms with van der Waals surface area (Å²) >= 11 is 7.57. The number of hydrogen-bond acceptors (Lipinski definition) is 3. The summed E-state index contributed by atoms with van der Waals surface area (Å²) < 4.78 is 18.1. The van der Waals surface area contributed by atoms with Crippen molar-refractivity contribution < 1.29 is 13.9 Å². The van der Waals surface area contributed by atoms with Crippen LogP contribution in [-0.4, -0.2) is 24.8 Å². The SMILES string of the molecule is O=C(COc1ccc(F)cc1Cl)NCCSCc1ccccc1. The number of thioether (sulfide) groups is 1. The molecule has 1 amide bonds. The van der Waals surface area contributed by atoms with Gasteiger partial charge in [-0.15, -0.1) is 0 Å². The summed E-state index contributed by atoms with van der Waals surface area (Å²) in [5, 5.41) is 2.92. The van der Waals surface area contributed by atoms with Crippen molar-refractivity contribution >= 4 is 29.3 Å². The average molecular weight is 354 g/mol. The Hall–Kier alpha value is -1.72. The Labute approximate surface area is 144 Å². The van der Waals surface area contributed by atoms with Crippen LogP contribution in [0.2, 0.25) is 5.02 Å². The molecule has 2 aromatic carbocycles. The molecule has 0 aromatic heterocycles. The quantitative estimate of drug-likeness (QED) is 0.731. The van der Waals surface area contributed by atoms with Crippen LogP contribution in [0, 0.1) is 5.82 Å². The summed E-state index contributed by atoms with van der Waals surface area (Å²) in [4.78, 5) is 11.7. The van der Waals surface area contributed by atoms with E-state index in [1.807, 2.05) is 18.2 Å². The lowest BCUT2D eigenvalue weighted by Gasteiger charge is -2.08. The van der Waals surface area contributed by atoms with Gasteiger partial charge in [-0.25, -0.2) is 4.39 Å². The molecule has 0 fully saturated rings. The number of hydrogen-bond donors (Lipinski definition) is 1. The van der Waals surface area contributed by atoms with Crippen LogP contribution in [0.25, 0.3) is 0 Å². The normalized spacial score (nSPS) is 10.3. The number of carbonyl (C=O) groups is 1. The van der Waals surface area contributed by atoms with Crippen molar-refractivity contribution in [3.63, 3.8) is 0 Å². The number of amides is 1. The molecule has 0 unspecified atom stereocenters.